The summed E-state index contributed by atoms with van der Waals surface area (Å²) in [4.78, 5) is 31.5. The smallest absolute Gasteiger partial charge is 0.251 e. The monoisotopic (exact) mass is 411 g/mol. The number of amides is 2. The molecule has 6 heteroatoms. The summed E-state index contributed by atoms with van der Waals surface area (Å²) in [5.41, 5.74) is 5.33. The van der Waals surface area contributed by atoms with Crippen molar-refractivity contribution in [3.8, 4) is 0 Å². The molecule has 2 saturated heterocycles. The minimum atomic E-state index is -0.386. The fraction of sp³-hybridized carbons (Fsp3) is 0.391. The number of aryl methyl sites for hydroxylation is 2. The zero-order chi connectivity index (χ0) is 20.7. The SMILES string of the molecule is Cc1ccc(N2C(=O)C[C@@H](N3CCN(c4cccc(C)c4C)CC3)C2=O)cc1Cl. The average Bonchev–Trinajstić information content (AvgIpc) is 3.00. The maximum Gasteiger partial charge on any atom is 0.251 e. The number of anilines is 2. The topological polar surface area (TPSA) is 43.9 Å². The van der Waals surface area contributed by atoms with Crippen molar-refractivity contribution < 1.29 is 9.59 Å². The molecule has 0 N–H and O–H groups in total. The molecule has 2 aromatic carbocycles. The molecule has 0 aliphatic carbocycles. The lowest BCUT2D eigenvalue weighted by Crippen LogP contribution is -2.52. The first-order chi connectivity index (χ1) is 13.9. The van der Waals surface area contributed by atoms with Crippen molar-refractivity contribution in [3.05, 3.63) is 58.1 Å². The number of benzene rings is 2. The second-order valence-corrected chi connectivity index (χ2v) is 8.37. The van der Waals surface area contributed by atoms with Crippen molar-refractivity contribution in [1.29, 1.82) is 0 Å². The van der Waals surface area contributed by atoms with Crippen LogP contribution in [0.5, 0.6) is 0 Å². The van der Waals surface area contributed by atoms with Crippen molar-refractivity contribution >= 4 is 34.8 Å². The van der Waals surface area contributed by atoms with Gasteiger partial charge in [-0.3, -0.25) is 14.5 Å². The minimum absolute atomic E-state index is 0.143. The van der Waals surface area contributed by atoms with Crippen LogP contribution < -0.4 is 9.80 Å². The maximum absolute atomic E-state index is 13.1. The van der Waals surface area contributed by atoms with Crippen molar-refractivity contribution in [2.45, 2.75) is 33.2 Å². The number of imide groups is 1. The van der Waals surface area contributed by atoms with Crippen LogP contribution in [0.25, 0.3) is 0 Å². The highest BCUT2D eigenvalue weighted by Gasteiger charge is 2.43. The second kappa shape index (κ2) is 7.81. The van der Waals surface area contributed by atoms with E-state index in [1.54, 1.807) is 12.1 Å². The lowest BCUT2D eigenvalue weighted by atomic mass is 10.1. The van der Waals surface area contributed by atoms with Crippen molar-refractivity contribution in [1.82, 2.24) is 4.90 Å². The summed E-state index contributed by atoms with van der Waals surface area (Å²) in [7, 11) is 0. The van der Waals surface area contributed by atoms with E-state index in [9.17, 15) is 9.59 Å². The van der Waals surface area contributed by atoms with Crippen LogP contribution in [-0.4, -0.2) is 48.9 Å². The first-order valence-electron chi connectivity index (χ1n) is 10.0. The molecule has 2 aliphatic heterocycles. The number of carbonyl (C=O) groups is 2. The van der Waals surface area contributed by atoms with Crippen LogP contribution in [0.15, 0.2) is 36.4 Å². The van der Waals surface area contributed by atoms with Crippen LogP contribution in [-0.2, 0) is 9.59 Å². The van der Waals surface area contributed by atoms with E-state index < -0.39 is 0 Å². The Hall–Kier alpha value is -2.37. The number of hydrogen-bond donors (Lipinski definition) is 0. The summed E-state index contributed by atoms with van der Waals surface area (Å²) < 4.78 is 0. The van der Waals surface area contributed by atoms with Crippen molar-refractivity contribution in [2.24, 2.45) is 0 Å². The minimum Gasteiger partial charge on any atom is -0.369 e. The van der Waals surface area contributed by atoms with E-state index in [1.807, 2.05) is 13.0 Å². The van der Waals surface area contributed by atoms with Crippen LogP contribution in [0.1, 0.15) is 23.1 Å². The Kier molecular flexibility index (Phi) is 5.36. The van der Waals surface area contributed by atoms with E-state index in [0.29, 0.717) is 10.7 Å². The van der Waals surface area contributed by atoms with Gasteiger partial charge in [-0.2, -0.15) is 0 Å². The van der Waals surface area contributed by atoms with Gasteiger partial charge in [0.1, 0.15) is 0 Å². The van der Waals surface area contributed by atoms with E-state index in [4.69, 9.17) is 11.6 Å². The Morgan fingerprint density at radius 3 is 2.34 bits per heavy atom. The van der Waals surface area contributed by atoms with Gasteiger partial charge in [-0.25, -0.2) is 4.90 Å². The zero-order valence-corrected chi connectivity index (χ0v) is 17.9. The summed E-state index contributed by atoms with van der Waals surface area (Å²) >= 11 is 6.21. The Bertz CT molecular complexity index is 967. The molecule has 29 heavy (non-hydrogen) atoms. The van der Waals surface area contributed by atoms with E-state index in [-0.39, 0.29) is 24.3 Å². The molecule has 0 unspecified atom stereocenters. The van der Waals surface area contributed by atoms with Crippen LogP contribution in [0, 0.1) is 20.8 Å². The highest BCUT2D eigenvalue weighted by atomic mass is 35.5. The maximum atomic E-state index is 13.1. The average molecular weight is 412 g/mol. The quantitative estimate of drug-likeness (QED) is 0.722. The molecule has 0 spiro atoms. The molecule has 0 aromatic heterocycles. The van der Waals surface area contributed by atoms with Gasteiger partial charge in [0.2, 0.25) is 5.91 Å². The molecular formula is C23H26ClN3O2. The summed E-state index contributed by atoms with van der Waals surface area (Å²) in [6.45, 7) is 9.40. The molecule has 2 fully saturated rings. The summed E-state index contributed by atoms with van der Waals surface area (Å²) in [6, 6.07) is 11.3. The van der Waals surface area contributed by atoms with Gasteiger partial charge in [0.15, 0.2) is 0 Å². The summed E-state index contributed by atoms with van der Waals surface area (Å²) in [5.74, 6) is -0.299. The van der Waals surface area contributed by atoms with Crippen LogP contribution in [0.2, 0.25) is 5.02 Å². The number of halogens is 1. The van der Waals surface area contributed by atoms with E-state index in [1.165, 1.54) is 21.7 Å². The standard InChI is InChI=1S/C23H26ClN3O2/c1-15-5-4-6-20(17(15)3)25-9-11-26(12-10-25)21-14-22(28)27(23(21)29)18-8-7-16(2)19(24)13-18/h4-8,13,21H,9-12,14H2,1-3H3/t21-/m1/s1. The molecule has 4 rings (SSSR count). The highest BCUT2D eigenvalue weighted by Crippen LogP contribution is 2.30. The van der Waals surface area contributed by atoms with Gasteiger partial charge in [-0.05, 0) is 55.7 Å². The van der Waals surface area contributed by atoms with Gasteiger partial charge in [-0.1, -0.05) is 29.8 Å². The Labute approximate surface area is 176 Å². The first-order valence-corrected chi connectivity index (χ1v) is 10.4. The molecule has 5 nitrogen and oxygen atoms in total. The first kappa shape index (κ1) is 19.9. The molecule has 1 atom stereocenters. The molecule has 2 aliphatic rings. The van der Waals surface area contributed by atoms with Crippen LogP contribution >= 0.6 is 11.6 Å². The Balaban J connectivity index is 1.46. The number of piperazine rings is 1. The largest absolute Gasteiger partial charge is 0.369 e. The third-order valence-corrected chi connectivity index (χ3v) is 6.62. The number of carbonyl (C=O) groups excluding carboxylic acids is 2. The summed E-state index contributed by atoms with van der Waals surface area (Å²) in [6.07, 6.45) is 0.230. The Morgan fingerprint density at radius 1 is 0.931 bits per heavy atom. The van der Waals surface area contributed by atoms with E-state index in [0.717, 1.165) is 31.7 Å². The third kappa shape index (κ3) is 3.65. The lowest BCUT2D eigenvalue weighted by molar-refractivity contribution is -0.123. The molecular weight excluding hydrogens is 386 g/mol. The predicted octanol–water partition coefficient (Wildman–Crippen LogP) is 3.72. The molecule has 0 saturated carbocycles. The van der Waals surface area contributed by atoms with Crippen molar-refractivity contribution in [2.75, 3.05) is 36.0 Å². The van der Waals surface area contributed by atoms with Gasteiger partial charge in [0.25, 0.3) is 5.91 Å². The Morgan fingerprint density at radius 2 is 1.66 bits per heavy atom. The van der Waals surface area contributed by atoms with Gasteiger partial charge in [0, 0.05) is 36.9 Å². The fourth-order valence-corrected chi connectivity index (χ4v) is 4.42. The zero-order valence-electron chi connectivity index (χ0n) is 17.1. The fourth-order valence-electron chi connectivity index (χ4n) is 4.25. The molecule has 0 radical (unpaired) electrons. The molecule has 152 valence electrons. The van der Waals surface area contributed by atoms with E-state index in [2.05, 4.69) is 41.8 Å². The predicted molar refractivity (Wildman–Crippen MR) is 117 cm³/mol. The molecule has 2 amide bonds. The highest BCUT2D eigenvalue weighted by molar-refractivity contribution is 6.32. The number of rotatable bonds is 3. The van der Waals surface area contributed by atoms with E-state index >= 15 is 0 Å². The second-order valence-electron chi connectivity index (χ2n) is 7.96. The van der Waals surface area contributed by atoms with Crippen LogP contribution in [0.4, 0.5) is 11.4 Å². The number of nitrogens with zero attached hydrogens (tertiary/aromatic N) is 3. The molecule has 0 bridgehead atoms. The van der Waals surface area contributed by atoms with Gasteiger partial charge >= 0.3 is 0 Å². The van der Waals surface area contributed by atoms with Gasteiger partial charge in [-0.15, -0.1) is 0 Å². The third-order valence-electron chi connectivity index (χ3n) is 6.21. The number of hydrogen-bond acceptors (Lipinski definition) is 4. The summed E-state index contributed by atoms with van der Waals surface area (Å²) in [5, 5.41) is 0.564. The molecule has 2 heterocycles. The normalized spacial score (nSPS) is 20.6. The van der Waals surface area contributed by atoms with Gasteiger partial charge < -0.3 is 4.90 Å². The van der Waals surface area contributed by atoms with Crippen molar-refractivity contribution in [3.63, 3.8) is 0 Å². The van der Waals surface area contributed by atoms with Gasteiger partial charge in [0.05, 0.1) is 18.2 Å². The lowest BCUT2D eigenvalue weighted by Gasteiger charge is -2.38. The van der Waals surface area contributed by atoms with Crippen LogP contribution in [0.3, 0.4) is 0 Å². The molecule has 2 aromatic rings.